The molecule has 1 fully saturated rings. The van der Waals surface area contributed by atoms with Crippen LogP contribution in [0, 0.1) is 0 Å². The number of hydrogen-bond donors (Lipinski definition) is 4. The van der Waals surface area contributed by atoms with E-state index >= 15 is 0 Å². The number of pyridine rings is 1. The summed E-state index contributed by atoms with van der Waals surface area (Å²) in [5.74, 6) is -3.58. The van der Waals surface area contributed by atoms with Crippen LogP contribution < -0.4 is 0 Å². The van der Waals surface area contributed by atoms with E-state index < -0.39 is 82.7 Å². The fourth-order valence-corrected chi connectivity index (χ4v) is 3.11. The van der Waals surface area contributed by atoms with Gasteiger partial charge in [-0.1, -0.05) is 12.1 Å². The lowest BCUT2D eigenvalue weighted by Gasteiger charge is -2.37. The third kappa shape index (κ3) is 4.71. The van der Waals surface area contributed by atoms with Gasteiger partial charge in [0.2, 0.25) is 6.29 Å². The molecule has 0 aliphatic carbocycles. The van der Waals surface area contributed by atoms with Gasteiger partial charge in [-0.3, -0.25) is 0 Å². The number of carboxylic acids is 1. The molecule has 4 N–H and O–H groups in total. The molecule has 3 rings (SSSR count). The first-order valence-corrected chi connectivity index (χ1v) is 8.84. The predicted octanol–water partition coefficient (Wildman–Crippen LogP) is 1.32. The SMILES string of the molecule is O=C(OC1O[C@H](C(=O)O)[C@@H](O)[C@H](O)[C@H]1O)c1cc(C(F)(F)F)nc2c(C(F)(F)F)cccc12. The molecule has 33 heavy (non-hydrogen) atoms. The van der Waals surface area contributed by atoms with E-state index in [1.54, 1.807) is 0 Å². The van der Waals surface area contributed by atoms with Crippen LogP contribution in [-0.4, -0.2) is 68.1 Å². The third-order valence-electron chi connectivity index (χ3n) is 4.69. The highest BCUT2D eigenvalue weighted by Crippen LogP contribution is 2.38. The number of aromatic nitrogens is 1. The van der Waals surface area contributed by atoms with Gasteiger partial charge in [0.1, 0.15) is 24.0 Å². The number of hydrogen-bond acceptors (Lipinski definition) is 8. The van der Waals surface area contributed by atoms with Gasteiger partial charge in [-0.05, 0) is 12.1 Å². The number of aliphatic carboxylic acids is 1. The van der Waals surface area contributed by atoms with Crippen LogP contribution in [-0.2, 0) is 26.6 Å². The number of halogens is 6. The molecule has 5 atom stereocenters. The molecule has 1 saturated heterocycles. The highest BCUT2D eigenvalue weighted by atomic mass is 19.4. The predicted molar refractivity (Wildman–Crippen MR) is 91.5 cm³/mol. The largest absolute Gasteiger partial charge is 0.479 e. The Labute approximate surface area is 178 Å². The number of carbonyl (C=O) groups excluding carboxylic acids is 1. The van der Waals surface area contributed by atoms with Gasteiger partial charge in [-0.15, -0.1) is 0 Å². The van der Waals surface area contributed by atoms with E-state index in [1.807, 2.05) is 0 Å². The van der Waals surface area contributed by atoms with E-state index in [0.29, 0.717) is 6.07 Å². The smallest absolute Gasteiger partial charge is 0.433 e. The molecule has 0 bridgehead atoms. The summed E-state index contributed by atoms with van der Waals surface area (Å²) >= 11 is 0. The van der Waals surface area contributed by atoms with E-state index in [-0.39, 0.29) is 6.07 Å². The lowest BCUT2D eigenvalue weighted by molar-refractivity contribution is -0.278. The number of para-hydroxylation sites is 1. The summed E-state index contributed by atoms with van der Waals surface area (Å²) in [4.78, 5) is 26.7. The monoisotopic (exact) mass is 485 g/mol. The highest BCUT2D eigenvalue weighted by molar-refractivity contribution is 6.04. The van der Waals surface area contributed by atoms with E-state index in [2.05, 4.69) is 9.72 Å². The van der Waals surface area contributed by atoms with E-state index in [1.165, 1.54) is 0 Å². The van der Waals surface area contributed by atoms with Crippen molar-refractivity contribution in [3.05, 3.63) is 41.1 Å². The second kappa shape index (κ2) is 8.40. The molecule has 1 unspecified atom stereocenters. The molecule has 9 nitrogen and oxygen atoms in total. The van der Waals surface area contributed by atoms with Gasteiger partial charge >= 0.3 is 24.3 Å². The van der Waals surface area contributed by atoms with Crippen LogP contribution in [0.4, 0.5) is 26.3 Å². The molecule has 1 aromatic carbocycles. The number of nitrogens with zero attached hydrogens (tertiary/aromatic N) is 1. The summed E-state index contributed by atoms with van der Waals surface area (Å²) < 4.78 is 89.0. The second-order valence-corrected chi connectivity index (χ2v) is 6.89. The maximum Gasteiger partial charge on any atom is 0.433 e. The molecule has 1 aliphatic rings. The highest BCUT2D eigenvalue weighted by Gasteiger charge is 2.49. The van der Waals surface area contributed by atoms with Crippen molar-refractivity contribution in [3.8, 4) is 0 Å². The number of alkyl halides is 6. The number of carbonyl (C=O) groups is 2. The Balaban J connectivity index is 2.09. The third-order valence-corrected chi connectivity index (χ3v) is 4.69. The number of aliphatic hydroxyl groups excluding tert-OH is 3. The Kier molecular flexibility index (Phi) is 6.27. The molecule has 2 aromatic rings. The van der Waals surface area contributed by atoms with Crippen LogP contribution in [0.1, 0.15) is 21.6 Å². The zero-order valence-corrected chi connectivity index (χ0v) is 15.8. The molecular weight excluding hydrogens is 472 g/mol. The van der Waals surface area contributed by atoms with Crippen molar-refractivity contribution in [1.82, 2.24) is 4.98 Å². The molecule has 2 heterocycles. The van der Waals surface area contributed by atoms with Crippen LogP contribution in [0.3, 0.4) is 0 Å². The number of fused-ring (bicyclic) bond motifs is 1. The molecule has 1 aliphatic heterocycles. The summed E-state index contributed by atoms with van der Waals surface area (Å²) in [5, 5.41) is 37.6. The number of ether oxygens (including phenoxy) is 2. The van der Waals surface area contributed by atoms with Gasteiger partial charge in [0.15, 0.2) is 6.10 Å². The van der Waals surface area contributed by atoms with Crippen molar-refractivity contribution >= 4 is 22.8 Å². The number of benzene rings is 1. The molecule has 180 valence electrons. The molecular formula is C18H13F6NO8. The Bertz CT molecular complexity index is 1090. The summed E-state index contributed by atoms with van der Waals surface area (Å²) in [6.45, 7) is 0. The van der Waals surface area contributed by atoms with Crippen molar-refractivity contribution in [2.75, 3.05) is 0 Å². The lowest BCUT2D eigenvalue weighted by atomic mass is 9.99. The summed E-state index contributed by atoms with van der Waals surface area (Å²) in [6, 6.07) is 2.24. The van der Waals surface area contributed by atoms with E-state index in [0.717, 1.165) is 12.1 Å². The number of carboxylic acid groups (broad SMARTS) is 1. The molecule has 0 spiro atoms. The van der Waals surface area contributed by atoms with Crippen LogP contribution >= 0.6 is 0 Å². The van der Waals surface area contributed by atoms with Crippen LogP contribution in [0.5, 0.6) is 0 Å². The van der Waals surface area contributed by atoms with Crippen molar-refractivity contribution < 1.29 is 65.8 Å². The van der Waals surface area contributed by atoms with Gasteiger partial charge in [0.25, 0.3) is 0 Å². The standard InChI is InChI=1S/C18H13F6NO8/c19-17(20,21)7-3-1-2-5-6(4-8(18(22,23)24)25-9(5)7)15(31)33-16-12(28)10(26)11(27)13(32-16)14(29)30/h1-4,10-13,16,26-28H,(H,29,30)/t10-,11-,12+,13-,16?/m0/s1. The van der Waals surface area contributed by atoms with Crippen molar-refractivity contribution in [2.45, 2.75) is 43.1 Å². The fourth-order valence-electron chi connectivity index (χ4n) is 3.11. The summed E-state index contributed by atoms with van der Waals surface area (Å²) in [7, 11) is 0. The fraction of sp³-hybridized carbons (Fsp3) is 0.389. The van der Waals surface area contributed by atoms with Crippen molar-refractivity contribution in [3.63, 3.8) is 0 Å². The zero-order chi connectivity index (χ0) is 24.9. The molecule has 1 aromatic heterocycles. The van der Waals surface area contributed by atoms with Crippen LogP contribution in [0.2, 0.25) is 0 Å². The Morgan fingerprint density at radius 3 is 2.15 bits per heavy atom. The van der Waals surface area contributed by atoms with E-state index in [9.17, 15) is 51.3 Å². The Hall–Kier alpha value is -3.01. The molecule has 0 saturated carbocycles. The minimum Gasteiger partial charge on any atom is -0.479 e. The Morgan fingerprint density at radius 1 is 0.970 bits per heavy atom. The number of esters is 1. The lowest BCUT2D eigenvalue weighted by Crippen LogP contribution is -2.60. The summed E-state index contributed by atoms with van der Waals surface area (Å²) in [5.41, 5.74) is -5.70. The second-order valence-electron chi connectivity index (χ2n) is 6.89. The minimum absolute atomic E-state index is 0.111. The van der Waals surface area contributed by atoms with E-state index in [4.69, 9.17) is 9.84 Å². The average molecular weight is 485 g/mol. The summed E-state index contributed by atoms with van der Waals surface area (Å²) in [6.07, 6.45) is -21.5. The molecule has 15 heteroatoms. The van der Waals surface area contributed by atoms with Gasteiger partial charge in [0.05, 0.1) is 16.6 Å². The van der Waals surface area contributed by atoms with Gasteiger partial charge in [0, 0.05) is 5.39 Å². The molecule has 0 amide bonds. The van der Waals surface area contributed by atoms with Gasteiger partial charge in [-0.2, -0.15) is 26.3 Å². The minimum atomic E-state index is -5.27. The zero-order valence-electron chi connectivity index (χ0n) is 15.8. The topological polar surface area (TPSA) is 146 Å². The van der Waals surface area contributed by atoms with Crippen LogP contribution in [0.25, 0.3) is 10.9 Å². The maximum atomic E-state index is 13.3. The Morgan fingerprint density at radius 2 is 1.61 bits per heavy atom. The first-order valence-electron chi connectivity index (χ1n) is 8.84. The first kappa shape index (κ1) is 24.6. The number of rotatable bonds is 3. The molecule has 0 radical (unpaired) electrons. The average Bonchev–Trinajstić information content (AvgIpc) is 2.71. The first-order chi connectivity index (χ1) is 15.1. The number of aliphatic hydroxyl groups is 3. The van der Waals surface area contributed by atoms with Crippen molar-refractivity contribution in [2.24, 2.45) is 0 Å². The van der Waals surface area contributed by atoms with Crippen molar-refractivity contribution in [1.29, 1.82) is 0 Å². The quantitative estimate of drug-likeness (QED) is 0.374. The van der Waals surface area contributed by atoms with Gasteiger partial charge < -0.3 is 29.9 Å². The normalized spacial score (nSPS) is 26.3. The maximum absolute atomic E-state index is 13.3. The van der Waals surface area contributed by atoms with Crippen LogP contribution in [0.15, 0.2) is 24.3 Å². The van der Waals surface area contributed by atoms with Gasteiger partial charge in [-0.25, -0.2) is 14.6 Å².